The molecular formula is C17H16O3. The van der Waals surface area contributed by atoms with E-state index >= 15 is 0 Å². The second kappa shape index (κ2) is 5.02. The molecule has 0 saturated heterocycles. The Kier molecular flexibility index (Phi) is 3.20. The first-order valence-electron chi connectivity index (χ1n) is 6.51. The van der Waals surface area contributed by atoms with Gasteiger partial charge < -0.3 is 14.3 Å². The van der Waals surface area contributed by atoms with Crippen molar-refractivity contribution in [2.45, 2.75) is 13.0 Å². The molecule has 20 heavy (non-hydrogen) atoms. The Balaban J connectivity index is 2.17. The molecule has 0 spiro atoms. The summed E-state index contributed by atoms with van der Waals surface area (Å²) in [6.45, 7) is 1.87. The third-order valence-corrected chi connectivity index (χ3v) is 3.53. The summed E-state index contributed by atoms with van der Waals surface area (Å²) in [6.07, 6.45) is -0.769. The average Bonchev–Trinajstić information content (AvgIpc) is 2.82. The van der Waals surface area contributed by atoms with E-state index < -0.39 is 6.10 Å². The predicted molar refractivity (Wildman–Crippen MR) is 78.0 cm³/mol. The van der Waals surface area contributed by atoms with Gasteiger partial charge in [0, 0.05) is 16.5 Å². The van der Waals surface area contributed by atoms with E-state index in [2.05, 4.69) is 0 Å². The Bertz CT molecular complexity index is 743. The number of ether oxygens (including phenoxy) is 1. The van der Waals surface area contributed by atoms with E-state index in [1.807, 2.05) is 55.5 Å². The van der Waals surface area contributed by atoms with Gasteiger partial charge in [0.2, 0.25) is 0 Å². The molecular weight excluding hydrogens is 252 g/mol. The van der Waals surface area contributed by atoms with Crippen LogP contribution in [-0.4, -0.2) is 12.2 Å². The highest BCUT2D eigenvalue weighted by Crippen LogP contribution is 2.36. The summed E-state index contributed by atoms with van der Waals surface area (Å²) in [6, 6.07) is 15.2. The third-order valence-electron chi connectivity index (χ3n) is 3.53. The molecule has 3 nitrogen and oxygen atoms in total. The number of hydrogen-bond donors (Lipinski definition) is 1. The number of methoxy groups -OCH3 is 1. The smallest absolute Gasteiger partial charge is 0.134 e. The topological polar surface area (TPSA) is 42.6 Å². The summed E-state index contributed by atoms with van der Waals surface area (Å²) in [5.74, 6) is 1.40. The van der Waals surface area contributed by atoms with Crippen molar-refractivity contribution in [2.75, 3.05) is 7.11 Å². The number of furan rings is 1. The van der Waals surface area contributed by atoms with Crippen LogP contribution in [0.15, 0.2) is 52.9 Å². The van der Waals surface area contributed by atoms with Crippen molar-refractivity contribution in [3.8, 4) is 5.75 Å². The van der Waals surface area contributed by atoms with E-state index in [9.17, 15) is 5.11 Å². The van der Waals surface area contributed by atoms with Crippen molar-refractivity contribution < 1.29 is 14.3 Å². The van der Waals surface area contributed by atoms with E-state index in [-0.39, 0.29) is 0 Å². The van der Waals surface area contributed by atoms with E-state index in [4.69, 9.17) is 9.15 Å². The number of hydrogen-bond acceptors (Lipinski definition) is 3. The van der Waals surface area contributed by atoms with Gasteiger partial charge in [-0.15, -0.1) is 0 Å². The number of para-hydroxylation sites is 2. The number of aliphatic hydroxyl groups is 1. The molecule has 0 saturated carbocycles. The molecule has 0 aliphatic carbocycles. The standard InChI is InChI=1S/C17H16O3/c1-11-16(12-7-3-6-10-15(12)20-11)17(18)13-8-4-5-9-14(13)19-2/h3-10,17-18H,1-2H3. The molecule has 3 rings (SSSR count). The van der Waals surface area contributed by atoms with Gasteiger partial charge in [0.25, 0.3) is 0 Å². The maximum atomic E-state index is 10.7. The van der Waals surface area contributed by atoms with Gasteiger partial charge in [-0.1, -0.05) is 36.4 Å². The van der Waals surface area contributed by atoms with Crippen molar-refractivity contribution >= 4 is 11.0 Å². The number of aryl methyl sites for hydroxylation is 1. The summed E-state index contributed by atoms with van der Waals surface area (Å²) in [5, 5.41) is 11.7. The SMILES string of the molecule is COc1ccccc1C(O)c1c(C)oc2ccccc12. The lowest BCUT2D eigenvalue weighted by Crippen LogP contribution is -2.03. The van der Waals surface area contributed by atoms with Gasteiger partial charge in [-0.2, -0.15) is 0 Å². The summed E-state index contributed by atoms with van der Waals surface area (Å²) in [5.41, 5.74) is 2.32. The predicted octanol–water partition coefficient (Wildman–Crippen LogP) is 3.83. The zero-order chi connectivity index (χ0) is 14.1. The van der Waals surface area contributed by atoms with Crippen LogP contribution in [-0.2, 0) is 0 Å². The molecule has 1 aromatic heterocycles. The number of fused-ring (bicyclic) bond motifs is 1. The van der Waals surface area contributed by atoms with Crippen LogP contribution < -0.4 is 4.74 Å². The van der Waals surface area contributed by atoms with Crippen molar-refractivity contribution in [2.24, 2.45) is 0 Å². The fourth-order valence-corrected chi connectivity index (χ4v) is 2.58. The molecule has 0 aliphatic rings. The van der Waals surface area contributed by atoms with Crippen molar-refractivity contribution in [1.29, 1.82) is 0 Å². The van der Waals surface area contributed by atoms with E-state index in [0.29, 0.717) is 5.75 Å². The molecule has 0 fully saturated rings. The highest BCUT2D eigenvalue weighted by Gasteiger charge is 2.22. The second-order valence-corrected chi connectivity index (χ2v) is 4.71. The summed E-state index contributed by atoms with van der Waals surface area (Å²) >= 11 is 0. The fourth-order valence-electron chi connectivity index (χ4n) is 2.58. The molecule has 102 valence electrons. The van der Waals surface area contributed by atoms with Crippen LogP contribution in [0.4, 0.5) is 0 Å². The van der Waals surface area contributed by atoms with Crippen LogP contribution in [0, 0.1) is 6.92 Å². The fraction of sp³-hybridized carbons (Fsp3) is 0.176. The molecule has 2 aromatic carbocycles. The monoisotopic (exact) mass is 268 g/mol. The normalized spacial score (nSPS) is 12.6. The lowest BCUT2D eigenvalue weighted by atomic mass is 9.98. The molecule has 1 N–H and O–H groups in total. The van der Waals surface area contributed by atoms with Crippen LogP contribution >= 0.6 is 0 Å². The van der Waals surface area contributed by atoms with Crippen LogP contribution in [0.1, 0.15) is 23.0 Å². The second-order valence-electron chi connectivity index (χ2n) is 4.71. The first kappa shape index (κ1) is 12.8. The Labute approximate surface area is 117 Å². The van der Waals surface area contributed by atoms with Crippen LogP contribution in [0.3, 0.4) is 0 Å². The first-order chi connectivity index (χ1) is 9.72. The zero-order valence-electron chi connectivity index (χ0n) is 11.5. The van der Waals surface area contributed by atoms with Crippen LogP contribution in [0.2, 0.25) is 0 Å². The maximum Gasteiger partial charge on any atom is 0.134 e. The number of aliphatic hydroxyl groups excluding tert-OH is 1. The molecule has 1 unspecified atom stereocenters. The average molecular weight is 268 g/mol. The van der Waals surface area contributed by atoms with E-state index in [0.717, 1.165) is 27.9 Å². The van der Waals surface area contributed by atoms with Gasteiger partial charge in [0.1, 0.15) is 23.2 Å². The van der Waals surface area contributed by atoms with Gasteiger partial charge >= 0.3 is 0 Å². The van der Waals surface area contributed by atoms with Crippen molar-refractivity contribution in [1.82, 2.24) is 0 Å². The lowest BCUT2D eigenvalue weighted by molar-refractivity contribution is 0.214. The summed E-state index contributed by atoms with van der Waals surface area (Å²) in [4.78, 5) is 0. The Morgan fingerprint density at radius 3 is 2.55 bits per heavy atom. The third kappa shape index (κ3) is 1.96. The van der Waals surface area contributed by atoms with E-state index in [1.54, 1.807) is 7.11 Å². The van der Waals surface area contributed by atoms with Gasteiger partial charge in [-0.05, 0) is 19.1 Å². The molecule has 3 aromatic rings. The van der Waals surface area contributed by atoms with Gasteiger partial charge in [-0.25, -0.2) is 0 Å². The molecule has 3 heteroatoms. The Morgan fingerprint density at radius 1 is 1.05 bits per heavy atom. The Hall–Kier alpha value is -2.26. The minimum atomic E-state index is -0.769. The minimum absolute atomic E-state index is 0.671. The van der Waals surface area contributed by atoms with Crippen LogP contribution in [0.5, 0.6) is 5.75 Å². The highest BCUT2D eigenvalue weighted by molar-refractivity contribution is 5.83. The number of benzene rings is 2. The minimum Gasteiger partial charge on any atom is -0.496 e. The lowest BCUT2D eigenvalue weighted by Gasteiger charge is -2.14. The Morgan fingerprint density at radius 2 is 1.75 bits per heavy atom. The van der Waals surface area contributed by atoms with Crippen molar-refractivity contribution in [3.63, 3.8) is 0 Å². The molecule has 1 atom stereocenters. The number of rotatable bonds is 3. The van der Waals surface area contributed by atoms with E-state index in [1.165, 1.54) is 0 Å². The van der Waals surface area contributed by atoms with Gasteiger partial charge in [-0.3, -0.25) is 0 Å². The van der Waals surface area contributed by atoms with Gasteiger partial charge in [0.15, 0.2) is 0 Å². The highest BCUT2D eigenvalue weighted by atomic mass is 16.5. The van der Waals surface area contributed by atoms with Crippen LogP contribution in [0.25, 0.3) is 11.0 Å². The molecule has 0 aliphatic heterocycles. The van der Waals surface area contributed by atoms with Crippen molar-refractivity contribution in [3.05, 3.63) is 65.4 Å². The van der Waals surface area contributed by atoms with Gasteiger partial charge in [0.05, 0.1) is 7.11 Å². The summed E-state index contributed by atoms with van der Waals surface area (Å²) < 4.78 is 11.0. The largest absolute Gasteiger partial charge is 0.496 e. The molecule has 0 amide bonds. The first-order valence-corrected chi connectivity index (χ1v) is 6.51. The molecule has 0 radical (unpaired) electrons. The summed E-state index contributed by atoms with van der Waals surface area (Å²) in [7, 11) is 1.60. The zero-order valence-corrected chi connectivity index (χ0v) is 11.5. The quantitative estimate of drug-likeness (QED) is 0.785. The maximum absolute atomic E-state index is 10.7. The molecule has 1 heterocycles. The molecule has 0 bridgehead atoms.